The van der Waals surface area contributed by atoms with Gasteiger partial charge < -0.3 is 20.1 Å². The fourth-order valence-corrected chi connectivity index (χ4v) is 3.35. The van der Waals surface area contributed by atoms with Crippen LogP contribution in [-0.2, 0) is 9.53 Å². The maximum Gasteiger partial charge on any atom is 0.305 e. The van der Waals surface area contributed by atoms with Gasteiger partial charge in [-0.05, 0) is 32.8 Å². The number of guanidine groups is 1. The zero-order valence-electron chi connectivity index (χ0n) is 17.0. The number of methoxy groups -OCH3 is 1. The summed E-state index contributed by atoms with van der Waals surface area (Å²) in [5.41, 5.74) is 0.951. The Kier molecular flexibility index (Phi) is 7.95. The topological polar surface area (TPSA) is 72.0 Å². The van der Waals surface area contributed by atoms with Crippen LogP contribution in [0.15, 0.2) is 29.3 Å². The second kappa shape index (κ2) is 10.2. The fourth-order valence-electron chi connectivity index (χ4n) is 3.35. The van der Waals surface area contributed by atoms with Crippen molar-refractivity contribution in [3.63, 3.8) is 0 Å². The minimum atomic E-state index is -0.218. The van der Waals surface area contributed by atoms with Crippen molar-refractivity contribution in [2.45, 2.75) is 64.0 Å². The number of para-hydroxylation sites is 1. The quantitative estimate of drug-likeness (QED) is 0.314. The number of esters is 1. The van der Waals surface area contributed by atoms with Crippen LogP contribution in [0.3, 0.4) is 0 Å². The molecule has 1 aliphatic rings. The van der Waals surface area contributed by atoms with Crippen molar-refractivity contribution in [1.29, 1.82) is 0 Å². The Morgan fingerprint density at radius 2 is 2.00 bits per heavy atom. The van der Waals surface area contributed by atoms with Gasteiger partial charge in [0.2, 0.25) is 0 Å². The minimum absolute atomic E-state index is 0.127. The van der Waals surface area contributed by atoms with Gasteiger partial charge in [0, 0.05) is 32.0 Å². The lowest BCUT2D eigenvalue weighted by Gasteiger charge is -2.38. The smallest absolute Gasteiger partial charge is 0.305 e. The monoisotopic (exact) mass is 375 g/mol. The van der Waals surface area contributed by atoms with E-state index in [2.05, 4.69) is 40.3 Å². The summed E-state index contributed by atoms with van der Waals surface area (Å²) < 4.78 is 10.7. The number of ether oxygens (including phenoxy) is 2. The van der Waals surface area contributed by atoms with E-state index >= 15 is 0 Å². The number of hydrogen-bond acceptors (Lipinski definition) is 4. The summed E-state index contributed by atoms with van der Waals surface area (Å²) >= 11 is 0. The molecule has 1 atom stereocenters. The molecular formula is C21H33N3O3. The maximum absolute atomic E-state index is 11.1. The first kappa shape index (κ1) is 21.1. The molecule has 1 heterocycles. The number of carbonyl (C=O) groups is 1. The normalized spacial score (nSPS) is 18.2. The molecule has 0 aliphatic carbocycles. The molecule has 0 spiro atoms. The molecule has 0 bridgehead atoms. The van der Waals surface area contributed by atoms with Crippen LogP contribution in [0.1, 0.15) is 64.0 Å². The van der Waals surface area contributed by atoms with Gasteiger partial charge in [0.15, 0.2) is 5.96 Å². The van der Waals surface area contributed by atoms with Crippen LogP contribution in [0.5, 0.6) is 5.75 Å². The molecule has 27 heavy (non-hydrogen) atoms. The first-order chi connectivity index (χ1) is 12.9. The van der Waals surface area contributed by atoms with Crippen molar-refractivity contribution in [2.24, 2.45) is 4.99 Å². The lowest BCUT2D eigenvalue weighted by Crippen LogP contribution is -2.45. The highest BCUT2D eigenvalue weighted by Crippen LogP contribution is 2.39. The predicted molar refractivity (Wildman–Crippen MR) is 108 cm³/mol. The van der Waals surface area contributed by atoms with E-state index in [1.807, 2.05) is 18.2 Å². The van der Waals surface area contributed by atoms with Gasteiger partial charge in [-0.1, -0.05) is 31.0 Å². The minimum Gasteiger partial charge on any atom is -0.487 e. The molecule has 1 unspecified atom stereocenters. The third-order valence-corrected chi connectivity index (χ3v) is 4.74. The summed E-state index contributed by atoms with van der Waals surface area (Å²) in [6.45, 7) is 5.08. The van der Waals surface area contributed by atoms with Crippen LogP contribution in [0.2, 0.25) is 0 Å². The Morgan fingerprint density at radius 1 is 1.26 bits per heavy atom. The highest BCUT2D eigenvalue weighted by molar-refractivity contribution is 5.80. The standard InChI is InChI=1S/C21H33N3O3/c1-21(2)15-17(16-11-8-9-12-18(16)27-21)24-20(22-3)23-14-10-6-5-7-13-19(25)26-4/h8-9,11-12,17H,5-7,10,13-15H2,1-4H3,(H2,22,23,24). The van der Waals surface area contributed by atoms with E-state index < -0.39 is 0 Å². The number of benzene rings is 1. The lowest BCUT2D eigenvalue weighted by atomic mass is 9.90. The third kappa shape index (κ3) is 6.77. The summed E-state index contributed by atoms with van der Waals surface area (Å²) in [7, 11) is 3.23. The van der Waals surface area contributed by atoms with E-state index in [4.69, 9.17) is 4.74 Å². The second-order valence-electron chi connectivity index (χ2n) is 7.54. The number of rotatable bonds is 8. The van der Waals surface area contributed by atoms with Crippen LogP contribution in [-0.4, -0.2) is 38.2 Å². The van der Waals surface area contributed by atoms with Crippen LogP contribution < -0.4 is 15.4 Å². The Balaban J connectivity index is 1.77. The van der Waals surface area contributed by atoms with Gasteiger partial charge >= 0.3 is 5.97 Å². The predicted octanol–water partition coefficient (Wildman–Crippen LogP) is 3.58. The van der Waals surface area contributed by atoms with Crippen LogP contribution in [0, 0.1) is 0 Å². The Hall–Kier alpha value is -2.24. The van der Waals surface area contributed by atoms with Crippen molar-refractivity contribution in [1.82, 2.24) is 10.6 Å². The molecule has 0 aromatic heterocycles. The lowest BCUT2D eigenvalue weighted by molar-refractivity contribution is -0.140. The van der Waals surface area contributed by atoms with Gasteiger partial charge in [-0.15, -0.1) is 0 Å². The molecule has 1 aromatic carbocycles. The molecule has 0 saturated carbocycles. The number of nitrogens with one attached hydrogen (secondary N) is 2. The number of carbonyl (C=O) groups excluding carboxylic acids is 1. The largest absolute Gasteiger partial charge is 0.487 e. The number of nitrogens with zero attached hydrogens (tertiary/aromatic N) is 1. The maximum atomic E-state index is 11.1. The van der Waals surface area contributed by atoms with Crippen molar-refractivity contribution in [2.75, 3.05) is 20.7 Å². The molecule has 150 valence electrons. The van der Waals surface area contributed by atoms with Gasteiger partial charge in [0.05, 0.1) is 13.2 Å². The SMILES string of the molecule is CN=C(NCCCCCCC(=O)OC)NC1CC(C)(C)Oc2ccccc21. The van der Waals surface area contributed by atoms with E-state index in [-0.39, 0.29) is 17.6 Å². The average Bonchev–Trinajstić information content (AvgIpc) is 2.64. The first-order valence-corrected chi connectivity index (χ1v) is 9.77. The highest BCUT2D eigenvalue weighted by Gasteiger charge is 2.33. The van der Waals surface area contributed by atoms with Gasteiger partial charge in [-0.25, -0.2) is 0 Å². The van der Waals surface area contributed by atoms with Crippen LogP contribution in [0.4, 0.5) is 0 Å². The van der Waals surface area contributed by atoms with Gasteiger partial charge in [0.25, 0.3) is 0 Å². The van der Waals surface area contributed by atoms with Crippen LogP contribution >= 0.6 is 0 Å². The Bertz CT molecular complexity index is 643. The van der Waals surface area contributed by atoms with E-state index in [1.165, 1.54) is 12.7 Å². The third-order valence-electron chi connectivity index (χ3n) is 4.74. The molecule has 6 heteroatoms. The zero-order chi connectivity index (χ0) is 19.7. The molecule has 6 nitrogen and oxygen atoms in total. The summed E-state index contributed by atoms with van der Waals surface area (Å²) in [4.78, 5) is 15.4. The van der Waals surface area contributed by atoms with Gasteiger partial charge in [-0.3, -0.25) is 9.79 Å². The van der Waals surface area contributed by atoms with E-state index in [1.54, 1.807) is 7.05 Å². The number of aliphatic imine (C=N–C) groups is 1. The molecule has 0 radical (unpaired) electrons. The highest BCUT2D eigenvalue weighted by atomic mass is 16.5. The van der Waals surface area contributed by atoms with Crippen molar-refractivity contribution < 1.29 is 14.3 Å². The zero-order valence-corrected chi connectivity index (χ0v) is 17.0. The van der Waals surface area contributed by atoms with E-state index in [9.17, 15) is 4.79 Å². The van der Waals surface area contributed by atoms with Crippen LogP contribution in [0.25, 0.3) is 0 Å². The summed E-state index contributed by atoms with van der Waals surface area (Å²) in [6, 6.07) is 8.34. The molecular weight excluding hydrogens is 342 g/mol. The molecule has 1 aromatic rings. The molecule has 0 saturated heterocycles. The number of hydrogen-bond donors (Lipinski definition) is 2. The van der Waals surface area contributed by atoms with E-state index in [0.717, 1.165) is 50.4 Å². The molecule has 1 aliphatic heterocycles. The van der Waals surface area contributed by atoms with Crippen molar-refractivity contribution in [3.8, 4) is 5.75 Å². The molecule has 0 amide bonds. The van der Waals surface area contributed by atoms with Gasteiger partial charge in [0.1, 0.15) is 11.4 Å². The fraction of sp³-hybridized carbons (Fsp3) is 0.619. The van der Waals surface area contributed by atoms with Crippen molar-refractivity contribution >= 4 is 11.9 Å². The number of fused-ring (bicyclic) bond motifs is 1. The average molecular weight is 376 g/mol. The number of unbranched alkanes of at least 4 members (excludes halogenated alkanes) is 3. The Morgan fingerprint density at radius 3 is 2.74 bits per heavy atom. The Labute approximate surface area is 162 Å². The molecule has 0 fully saturated rings. The summed E-state index contributed by atoms with van der Waals surface area (Å²) in [5.74, 6) is 1.62. The summed E-state index contributed by atoms with van der Waals surface area (Å²) in [5, 5.41) is 6.93. The molecule has 2 rings (SSSR count). The molecule has 2 N–H and O–H groups in total. The second-order valence-corrected chi connectivity index (χ2v) is 7.54. The first-order valence-electron chi connectivity index (χ1n) is 9.77. The van der Waals surface area contributed by atoms with Gasteiger partial charge in [-0.2, -0.15) is 0 Å². The summed E-state index contributed by atoms with van der Waals surface area (Å²) in [6.07, 6.45) is 5.41. The van der Waals surface area contributed by atoms with E-state index in [0.29, 0.717) is 6.42 Å². The van der Waals surface area contributed by atoms with Crippen molar-refractivity contribution in [3.05, 3.63) is 29.8 Å².